The Hall–Kier alpha value is -0.870. The lowest BCUT2D eigenvalue weighted by atomic mass is 10.00. The molecule has 1 aliphatic heterocycles. The molecule has 102 valence electrons. The van der Waals surface area contributed by atoms with E-state index in [1.807, 2.05) is 6.33 Å². The Labute approximate surface area is 110 Å². The number of imidazole rings is 1. The van der Waals surface area contributed by atoms with E-state index in [1.54, 1.807) is 0 Å². The predicted octanol–water partition coefficient (Wildman–Crippen LogP) is 2.51. The third-order valence-corrected chi connectivity index (χ3v) is 3.60. The van der Waals surface area contributed by atoms with Crippen molar-refractivity contribution >= 4 is 0 Å². The van der Waals surface area contributed by atoms with Gasteiger partial charge in [0.1, 0.15) is 0 Å². The summed E-state index contributed by atoms with van der Waals surface area (Å²) in [5.74, 6) is 0. The molecule has 0 aliphatic carbocycles. The summed E-state index contributed by atoms with van der Waals surface area (Å²) in [5, 5.41) is 3.53. The first-order chi connectivity index (χ1) is 8.83. The fraction of sp³-hybridized carbons (Fsp3) is 0.786. The average Bonchev–Trinajstić information content (AvgIpc) is 2.88. The number of nitrogens with zero attached hydrogens (tertiary/aromatic N) is 2. The molecule has 0 bridgehead atoms. The molecule has 18 heavy (non-hydrogen) atoms. The highest BCUT2D eigenvalue weighted by Gasteiger charge is 2.21. The molecule has 0 spiro atoms. The van der Waals surface area contributed by atoms with E-state index >= 15 is 0 Å². The molecule has 1 fully saturated rings. The zero-order chi connectivity index (χ0) is 12.8. The molecule has 4 nitrogen and oxygen atoms in total. The van der Waals surface area contributed by atoms with Crippen molar-refractivity contribution in [3.8, 4) is 0 Å². The molecule has 0 amide bonds. The van der Waals surface area contributed by atoms with Crippen molar-refractivity contribution in [3.05, 3.63) is 18.2 Å². The number of aromatic nitrogens is 2. The molecule has 2 rings (SSSR count). The summed E-state index contributed by atoms with van der Waals surface area (Å²) in [5.41, 5.74) is 1.15. The van der Waals surface area contributed by atoms with E-state index in [-0.39, 0.29) is 0 Å². The largest absolute Gasteiger partial charge is 0.378 e. The highest BCUT2D eigenvalue weighted by molar-refractivity contribution is 5.04. The monoisotopic (exact) mass is 251 g/mol. The zero-order valence-electron chi connectivity index (χ0n) is 11.6. The number of nitrogens with one attached hydrogen (secondary N) is 1. The smallest absolute Gasteiger partial charge is 0.0950 e. The van der Waals surface area contributed by atoms with E-state index < -0.39 is 0 Å². The van der Waals surface area contributed by atoms with Crippen LogP contribution in [0.15, 0.2) is 12.5 Å². The van der Waals surface area contributed by atoms with Crippen molar-refractivity contribution in [3.63, 3.8) is 0 Å². The van der Waals surface area contributed by atoms with Gasteiger partial charge in [-0.1, -0.05) is 6.92 Å². The summed E-state index contributed by atoms with van der Waals surface area (Å²) < 4.78 is 7.96. The van der Waals surface area contributed by atoms with Crippen molar-refractivity contribution in [1.82, 2.24) is 14.9 Å². The second-order valence-electron chi connectivity index (χ2n) is 4.96. The molecule has 4 heteroatoms. The van der Waals surface area contributed by atoms with Gasteiger partial charge in [0.25, 0.3) is 0 Å². The number of hydrogen-bond donors (Lipinski definition) is 1. The summed E-state index contributed by atoms with van der Waals surface area (Å²) >= 11 is 0. The SMILES string of the molecule is CCNC(CC1CCCCO1)c1cn(CC)cn1. The van der Waals surface area contributed by atoms with Gasteiger partial charge in [-0.05, 0) is 39.2 Å². The topological polar surface area (TPSA) is 39.1 Å². The summed E-state index contributed by atoms with van der Waals surface area (Å²) in [6.07, 6.45) is 9.21. The first-order valence-electron chi connectivity index (χ1n) is 7.20. The molecule has 1 aromatic heterocycles. The van der Waals surface area contributed by atoms with Gasteiger partial charge in [0.15, 0.2) is 0 Å². The van der Waals surface area contributed by atoms with Gasteiger partial charge in [0.2, 0.25) is 0 Å². The van der Waals surface area contributed by atoms with Crippen LogP contribution in [0, 0.1) is 0 Å². The number of ether oxygens (including phenoxy) is 1. The minimum Gasteiger partial charge on any atom is -0.378 e. The molecule has 2 heterocycles. The quantitative estimate of drug-likeness (QED) is 0.844. The van der Waals surface area contributed by atoms with E-state index in [9.17, 15) is 0 Å². The van der Waals surface area contributed by atoms with Crippen LogP contribution in [0.5, 0.6) is 0 Å². The normalized spacial score (nSPS) is 22.0. The Kier molecular flexibility index (Phi) is 5.20. The van der Waals surface area contributed by atoms with Crippen LogP contribution in [0.3, 0.4) is 0 Å². The summed E-state index contributed by atoms with van der Waals surface area (Å²) in [6.45, 7) is 7.15. The van der Waals surface area contributed by atoms with Crippen molar-refractivity contribution in [1.29, 1.82) is 0 Å². The fourth-order valence-corrected chi connectivity index (χ4v) is 2.54. The lowest BCUT2D eigenvalue weighted by Gasteiger charge is -2.26. The van der Waals surface area contributed by atoms with E-state index in [0.29, 0.717) is 12.1 Å². The second-order valence-corrected chi connectivity index (χ2v) is 4.96. The van der Waals surface area contributed by atoms with Gasteiger partial charge >= 0.3 is 0 Å². The summed E-state index contributed by atoms with van der Waals surface area (Å²) in [7, 11) is 0. The minimum atomic E-state index is 0.325. The molecule has 1 N–H and O–H groups in total. The third kappa shape index (κ3) is 3.56. The van der Waals surface area contributed by atoms with Gasteiger partial charge < -0.3 is 14.6 Å². The maximum absolute atomic E-state index is 5.83. The molecule has 0 aromatic carbocycles. The predicted molar refractivity (Wildman–Crippen MR) is 72.5 cm³/mol. The number of aryl methyl sites for hydroxylation is 1. The molecular formula is C14H25N3O. The maximum atomic E-state index is 5.83. The highest BCUT2D eigenvalue weighted by atomic mass is 16.5. The first kappa shape index (κ1) is 13.6. The Bertz CT molecular complexity index is 345. The summed E-state index contributed by atoms with van der Waals surface area (Å²) in [6, 6.07) is 0.325. The van der Waals surface area contributed by atoms with E-state index in [4.69, 9.17) is 4.74 Å². The Morgan fingerprint density at radius 2 is 2.39 bits per heavy atom. The Balaban J connectivity index is 1.97. The molecular weight excluding hydrogens is 226 g/mol. The van der Waals surface area contributed by atoms with Crippen LogP contribution in [-0.4, -0.2) is 28.8 Å². The molecule has 0 radical (unpaired) electrons. The lowest BCUT2D eigenvalue weighted by molar-refractivity contribution is 0.00490. The first-order valence-corrected chi connectivity index (χ1v) is 7.20. The van der Waals surface area contributed by atoms with Crippen molar-refractivity contribution in [2.24, 2.45) is 0 Å². The summed E-state index contributed by atoms with van der Waals surface area (Å²) in [4.78, 5) is 4.52. The van der Waals surface area contributed by atoms with Gasteiger partial charge in [0.05, 0.1) is 24.2 Å². The van der Waals surface area contributed by atoms with Crippen LogP contribution in [0.2, 0.25) is 0 Å². The average molecular weight is 251 g/mol. The highest BCUT2D eigenvalue weighted by Crippen LogP contribution is 2.23. The second kappa shape index (κ2) is 6.90. The molecule has 0 saturated carbocycles. The molecule has 1 aliphatic rings. The van der Waals surface area contributed by atoms with Gasteiger partial charge in [-0.2, -0.15) is 0 Å². The van der Waals surface area contributed by atoms with Crippen LogP contribution in [-0.2, 0) is 11.3 Å². The Morgan fingerprint density at radius 3 is 3.00 bits per heavy atom. The van der Waals surface area contributed by atoms with Gasteiger partial charge in [-0.3, -0.25) is 0 Å². The lowest BCUT2D eigenvalue weighted by Crippen LogP contribution is -2.29. The van der Waals surface area contributed by atoms with Crippen LogP contribution in [0.4, 0.5) is 0 Å². The number of rotatable bonds is 6. The minimum absolute atomic E-state index is 0.325. The molecule has 1 saturated heterocycles. The molecule has 2 unspecified atom stereocenters. The van der Waals surface area contributed by atoms with Crippen LogP contribution >= 0.6 is 0 Å². The van der Waals surface area contributed by atoms with Crippen molar-refractivity contribution in [2.45, 2.75) is 58.2 Å². The van der Waals surface area contributed by atoms with Crippen molar-refractivity contribution < 1.29 is 4.74 Å². The van der Waals surface area contributed by atoms with E-state index in [1.165, 1.54) is 19.3 Å². The van der Waals surface area contributed by atoms with Gasteiger partial charge in [-0.25, -0.2) is 4.98 Å². The molecule has 1 aromatic rings. The zero-order valence-corrected chi connectivity index (χ0v) is 11.6. The number of hydrogen-bond acceptors (Lipinski definition) is 3. The maximum Gasteiger partial charge on any atom is 0.0950 e. The van der Waals surface area contributed by atoms with E-state index in [2.05, 4.69) is 34.9 Å². The fourth-order valence-electron chi connectivity index (χ4n) is 2.54. The van der Waals surface area contributed by atoms with Gasteiger partial charge in [0, 0.05) is 19.3 Å². The van der Waals surface area contributed by atoms with Crippen LogP contribution in [0.25, 0.3) is 0 Å². The third-order valence-electron chi connectivity index (χ3n) is 3.60. The molecule has 2 atom stereocenters. The van der Waals surface area contributed by atoms with Crippen LogP contribution in [0.1, 0.15) is 51.3 Å². The standard InChI is InChI=1S/C14H25N3O/c1-3-15-13(9-12-7-5-6-8-18-12)14-10-17(4-2)11-16-14/h10-13,15H,3-9H2,1-2H3. The van der Waals surface area contributed by atoms with Crippen molar-refractivity contribution in [2.75, 3.05) is 13.2 Å². The van der Waals surface area contributed by atoms with E-state index in [0.717, 1.165) is 31.8 Å². The Morgan fingerprint density at radius 1 is 1.50 bits per heavy atom. The van der Waals surface area contributed by atoms with Crippen LogP contribution < -0.4 is 5.32 Å². The van der Waals surface area contributed by atoms with Gasteiger partial charge in [-0.15, -0.1) is 0 Å².